The minimum Gasteiger partial charge on any atom is -0.393 e. The Morgan fingerprint density at radius 1 is 1.41 bits per heavy atom. The number of hydrogen-bond acceptors (Lipinski definition) is 2. The van der Waals surface area contributed by atoms with Crippen LogP contribution < -0.4 is 10.6 Å². The van der Waals surface area contributed by atoms with Gasteiger partial charge in [-0.1, -0.05) is 38.2 Å². The van der Waals surface area contributed by atoms with Crippen molar-refractivity contribution in [3.63, 3.8) is 0 Å². The highest BCUT2D eigenvalue weighted by atomic mass is 32.1. The molecule has 17 heavy (non-hydrogen) atoms. The van der Waals surface area contributed by atoms with Crippen LogP contribution in [-0.2, 0) is 0 Å². The molecule has 0 bridgehead atoms. The van der Waals surface area contributed by atoms with Crippen molar-refractivity contribution < 1.29 is 0 Å². The van der Waals surface area contributed by atoms with E-state index >= 15 is 0 Å². The lowest BCUT2D eigenvalue weighted by Crippen LogP contribution is -2.33. The molecule has 0 radical (unpaired) electrons. The van der Waals surface area contributed by atoms with E-state index in [1.165, 1.54) is 11.3 Å². The van der Waals surface area contributed by atoms with E-state index in [2.05, 4.69) is 57.0 Å². The Bertz CT molecular complexity index is 399. The van der Waals surface area contributed by atoms with Gasteiger partial charge in [-0.15, -0.1) is 0 Å². The number of rotatable bonds is 5. The molecule has 0 aliphatic rings. The third kappa shape index (κ3) is 4.00. The molecule has 0 unspecified atom stereocenters. The lowest BCUT2D eigenvalue weighted by molar-refractivity contribution is 0.481. The van der Waals surface area contributed by atoms with Crippen LogP contribution in [0.5, 0.6) is 0 Å². The summed E-state index contributed by atoms with van der Waals surface area (Å²) < 4.78 is 0. The summed E-state index contributed by atoms with van der Waals surface area (Å²) in [6, 6.07) is 8.50. The van der Waals surface area contributed by atoms with Gasteiger partial charge in [-0.25, -0.2) is 0 Å². The summed E-state index contributed by atoms with van der Waals surface area (Å²) in [6.07, 6.45) is 0.965. The van der Waals surface area contributed by atoms with Crippen LogP contribution in [0.1, 0.15) is 25.8 Å². The maximum Gasteiger partial charge on any atom is 0.0785 e. The predicted molar refractivity (Wildman–Crippen MR) is 79.6 cm³/mol. The molecule has 0 spiro atoms. The van der Waals surface area contributed by atoms with Crippen molar-refractivity contribution in [2.75, 3.05) is 18.5 Å². The third-order valence-corrected chi connectivity index (χ3v) is 3.73. The van der Waals surface area contributed by atoms with Crippen LogP contribution in [0.25, 0.3) is 0 Å². The fourth-order valence-electron chi connectivity index (χ4n) is 1.56. The van der Waals surface area contributed by atoms with E-state index in [1.807, 2.05) is 0 Å². The first-order valence-electron chi connectivity index (χ1n) is 5.90. The Balaban J connectivity index is 2.62. The predicted octanol–water partition coefficient (Wildman–Crippen LogP) is 3.13. The van der Waals surface area contributed by atoms with Gasteiger partial charge in [-0.3, -0.25) is 0 Å². The molecule has 0 amide bonds. The number of nitrogens with zero attached hydrogens (tertiary/aromatic N) is 1. The normalized spacial score (nSPS) is 11.3. The van der Waals surface area contributed by atoms with Gasteiger partial charge < -0.3 is 10.6 Å². The second-order valence-corrected chi connectivity index (χ2v) is 5.70. The third-order valence-electron chi connectivity index (χ3n) is 3.18. The van der Waals surface area contributed by atoms with Gasteiger partial charge in [0.05, 0.1) is 4.99 Å². The zero-order chi connectivity index (χ0) is 13.1. The van der Waals surface area contributed by atoms with E-state index in [-0.39, 0.29) is 5.41 Å². The van der Waals surface area contributed by atoms with Crippen molar-refractivity contribution in [2.45, 2.75) is 27.2 Å². The molecule has 0 aliphatic carbocycles. The van der Waals surface area contributed by atoms with Gasteiger partial charge in [0.15, 0.2) is 0 Å². The molecule has 0 fully saturated rings. The van der Waals surface area contributed by atoms with Gasteiger partial charge in [-0.05, 0) is 31.0 Å². The minimum absolute atomic E-state index is 0.0760. The van der Waals surface area contributed by atoms with Crippen LogP contribution >= 0.6 is 12.2 Å². The molecule has 0 saturated carbocycles. The van der Waals surface area contributed by atoms with E-state index in [0.29, 0.717) is 4.99 Å². The Kier molecular flexibility index (Phi) is 4.52. The van der Waals surface area contributed by atoms with Crippen LogP contribution in [0.4, 0.5) is 5.69 Å². The standard InChI is InChI=1S/C14H22N2S/c1-11-6-5-7-12(10-11)16(4)9-8-14(2,3)13(15)17/h5-7,10H,8-9H2,1-4H3,(H2,15,17). The summed E-state index contributed by atoms with van der Waals surface area (Å²) in [5.41, 5.74) is 8.18. The molecule has 2 nitrogen and oxygen atoms in total. The smallest absolute Gasteiger partial charge is 0.0785 e. The second-order valence-electron chi connectivity index (χ2n) is 5.26. The van der Waals surface area contributed by atoms with Crippen LogP contribution in [0.2, 0.25) is 0 Å². The van der Waals surface area contributed by atoms with Crippen molar-refractivity contribution in [1.82, 2.24) is 0 Å². The number of thiocarbonyl (C=S) groups is 1. The molecule has 0 aliphatic heterocycles. The van der Waals surface area contributed by atoms with Crippen LogP contribution in [0.3, 0.4) is 0 Å². The summed E-state index contributed by atoms with van der Waals surface area (Å²) in [7, 11) is 2.10. The van der Waals surface area contributed by atoms with Crippen molar-refractivity contribution in [2.24, 2.45) is 11.1 Å². The lowest BCUT2D eigenvalue weighted by Gasteiger charge is -2.27. The van der Waals surface area contributed by atoms with Crippen LogP contribution in [-0.4, -0.2) is 18.6 Å². The molecule has 1 aromatic carbocycles. The molecule has 0 saturated heterocycles. The molecule has 0 heterocycles. The topological polar surface area (TPSA) is 29.3 Å². The molecular formula is C14H22N2S. The van der Waals surface area contributed by atoms with Gasteiger partial charge in [0.1, 0.15) is 0 Å². The molecular weight excluding hydrogens is 228 g/mol. The van der Waals surface area contributed by atoms with Crippen LogP contribution in [0.15, 0.2) is 24.3 Å². The van der Waals surface area contributed by atoms with Crippen molar-refractivity contribution in [1.29, 1.82) is 0 Å². The first-order valence-corrected chi connectivity index (χ1v) is 6.31. The number of aryl methyl sites for hydroxylation is 1. The highest BCUT2D eigenvalue weighted by Gasteiger charge is 2.21. The van der Waals surface area contributed by atoms with E-state index in [0.717, 1.165) is 13.0 Å². The zero-order valence-corrected chi connectivity index (χ0v) is 12.0. The maximum absolute atomic E-state index is 5.73. The summed E-state index contributed by atoms with van der Waals surface area (Å²) in [5, 5.41) is 0. The maximum atomic E-state index is 5.73. The first-order chi connectivity index (χ1) is 7.83. The lowest BCUT2D eigenvalue weighted by atomic mass is 9.89. The first kappa shape index (κ1) is 14.0. The molecule has 1 aromatic rings. The Morgan fingerprint density at radius 3 is 2.59 bits per heavy atom. The molecule has 94 valence electrons. The monoisotopic (exact) mass is 250 g/mol. The fourth-order valence-corrected chi connectivity index (χ4v) is 1.67. The van der Waals surface area contributed by atoms with E-state index in [1.54, 1.807) is 0 Å². The van der Waals surface area contributed by atoms with Gasteiger partial charge in [0.25, 0.3) is 0 Å². The second kappa shape index (κ2) is 5.50. The average Bonchev–Trinajstić information content (AvgIpc) is 2.25. The highest BCUT2D eigenvalue weighted by Crippen LogP contribution is 2.23. The Labute approximate surface area is 110 Å². The molecule has 1 rings (SSSR count). The summed E-state index contributed by atoms with van der Waals surface area (Å²) in [6.45, 7) is 7.25. The average molecular weight is 250 g/mol. The number of benzene rings is 1. The molecule has 0 aromatic heterocycles. The molecule has 0 atom stereocenters. The van der Waals surface area contributed by atoms with E-state index < -0.39 is 0 Å². The Hall–Kier alpha value is -1.09. The number of nitrogens with two attached hydrogens (primary N) is 1. The molecule has 3 heteroatoms. The van der Waals surface area contributed by atoms with E-state index in [4.69, 9.17) is 18.0 Å². The minimum atomic E-state index is -0.0760. The van der Waals surface area contributed by atoms with Crippen LogP contribution in [0, 0.1) is 12.3 Å². The van der Waals surface area contributed by atoms with Gasteiger partial charge in [-0.2, -0.15) is 0 Å². The SMILES string of the molecule is Cc1cccc(N(C)CCC(C)(C)C(N)=S)c1. The van der Waals surface area contributed by atoms with Crippen molar-refractivity contribution in [3.05, 3.63) is 29.8 Å². The van der Waals surface area contributed by atoms with Gasteiger partial charge >= 0.3 is 0 Å². The summed E-state index contributed by atoms with van der Waals surface area (Å²) >= 11 is 5.08. The van der Waals surface area contributed by atoms with Gasteiger partial charge in [0, 0.05) is 24.7 Å². The quantitative estimate of drug-likeness (QED) is 0.814. The largest absolute Gasteiger partial charge is 0.393 e. The highest BCUT2D eigenvalue weighted by molar-refractivity contribution is 7.80. The fraction of sp³-hybridized carbons (Fsp3) is 0.500. The van der Waals surface area contributed by atoms with Crippen molar-refractivity contribution in [3.8, 4) is 0 Å². The summed E-state index contributed by atoms with van der Waals surface area (Å²) in [5.74, 6) is 0. The zero-order valence-electron chi connectivity index (χ0n) is 11.2. The Morgan fingerprint density at radius 2 is 2.06 bits per heavy atom. The summed E-state index contributed by atoms with van der Waals surface area (Å²) in [4.78, 5) is 2.84. The number of hydrogen-bond donors (Lipinski definition) is 1. The molecule has 2 N–H and O–H groups in total. The van der Waals surface area contributed by atoms with E-state index in [9.17, 15) is 0 Å². The van der Waals surface area contributed by atoms with Gasteiger partial charge in [0.2, 0.25) is 0 Å². The number of anilines is 1. The van der Waals surface area contributed by atoms with Crippen molar-refractivity contribution >= 4 is 22.9 Å².